The highest BCUT2D eigenvalue weighted by atomic mass is 32.2. The highest BCUT2D eigenvalue weighted by molar-refractivity contribution is 7.98. The van der Waals surface area contributed by atoms with Crippen LogP contribution in [0.3, 0.4) is 0 Å². The van der Waals surface area contributed by atoms with Gasteiger partial charge in [0, 0.05) is 11.0 Å². The zero-order valence-electron chi connectivity index (χ0n) is 7.46. The van der Waals surface area contributed by atoms with E-state index in [9.17, 15) is 8.78 Å². The van der Waals surface area contributed by atoms with Gasteiger partial charge in [0.1, 0.15) is 5.75 Å². The molecule has 0 spiro atoms. The second kappa shape index (κ2) is 5.02. The van der Waals surface area contributed by atoms with Crippen molar-refractivity contribution in [3.63, 3.8) is 0 Å². The molecule has 1 rings (SSSR count). The Labute approximate surface area is 84.6 Å². The first-order valence-corrected chi connectivity index (χ1v) is 4.99. The van der Waals surface area contributed by atoms with Gasteiger partial charge in [0.05, 0.1) is 5.69 Å². The number of hydrogen-bond acceptors (Lipinski definition) is 4. The summed E-state index contributed by atoms with van der Waals surface area (Å²) in [5.74, 6) is 5.27. The van der Waals surface area contributed by atoms with Crippen molar-refractivity contribution in [2.45, 2.75) is 11.5 Å². The van der Waals surface area contributed by atoms with E-state index in [0.29, 0.717) is 10.6 Å². The van der Waals surface area contributed by atoms with Gasteiger partial charge in [-0.2, -0.15) is 8.78 Å². The molecule has 78 valence electrons. The molecule has 3 nitrogen and oxygen atoms in total. The quantitative estimate of drug-likeness (QED) is 0.464. The molecule has 0 saturated carbocycles. The fourth-order valence-electron chi connectivity index (χ4n) is 0.955. The van der Waals surface area contributed by atoms with E-state index >= 15 is 0 Å². The van der Waals surface area contributed by atoms with Gasteiger partial charge in [-0.15, -0.1) is 11.8 Å². The lowest BCUT2D eigenvalue weighted by Crippen LogP contribution is -2.08. The lowest BCUT2D eigenvalue weighted by Gasteiger charge is -2.10. The predicted molar refractivity (Wildman–Crippen MR) is 52.7 cm³/mol. The molecule has 14 heavy (non-hydrogen) atoms. The van der Waals surface area contributed by atoms with Gasteiger partial charge in [-0.1, -0.05) is 0 Å². The van der Waals surface area contributed by atoms with Crippen LogP contribution >= 0.6 is 11.8 Å². The monoisotopic (exact) mass is 220 g/mol. The van der Waals surface area contributed by atoms with E-state index in [-0.39, 0.29) is 5.75 Å². The molecule has 0 bridgehead atoms. The Balaban J connectivity index is 2.96. The van der Waals surface area contributed by atoms with Gasteiger partial charge in [-0.3, -0.25) is 5.84 Å². The molecule has 0 unspecified atom stereocenters. The average Bonchev–Trinajstić information content (AvgIpc) is 2.16. The van der Waals surface area contributed by atoms with Gasteiger partial charge >= 0.3 is 6.61 Å². The summed E-state index contributed by atoms with van der Waals surface area (Å²) in [6.45, 7) is -2.83. The molecule has 0 saturated heterocycles. The molecule has 0 amide bonds. The fraction of sp³-hybridized carbons (Fsp3) is 0.250. The highest BCUT2D eigenvalue weighted by Gasteiger charge is 2.09. The van der Waals surface area contributed by atoms with Crippen LogP contribution in [0.25, 0.3) is 0 Å². The maximum absolute atomic E-state index is 12.0. The fourth-order valence-corrected chi connectivity index (χ4v) is 1.47. The van der Waals surface area contributed by atoms with Crippen LogP contribution in [0.1, 0.15) is 0 Å². The molecule has 1 aromatic rings. The number of anilines is 1. The van der Waals surface area contributed by atoms with Crippen LogP contribution in [0.4, 0.5) is 14.5 Å². The summed E-state index contributed by atoms with van der Waals surface area (Å²) < 4.78 is 28.3. The summed E-state index contributed by atoms with van der Waals surface area (Å²) in [6, 6.07) is 4.78. The normalized spacial score (nSPS) is 10.4. The van der Waals surface area contributed by atoms with Crippen molar-refractivity contribution in [3.05, 3.63) is 18.2 Å². The molecule has 0 aliphatic rings. The number of nitrogens with two attached hydrogens (primary N) is 1. The van der Waals surface area contributed by atoms with Crippen LogP contribution in [-0.4, -0.2) is 12.9 Å². The first-order valence-electron chi connectivity index (χ1n) is 3.77. The zero-order chi connectivity index (χ0) is 10.6. The van der Waals surface area contributed by atoms with Crippen molar-refractivity contribution in [3.8, 4) is 5.75 Å². The van der Waals surface area contributed by atoms with Crippen molar-refractivity contribution < 1.29 is 13.5 Å². The van der Waals surface area contributed by atoms with Crippen molar-refractivity contribution in [1.82, 2.24) is 0 Å². The van der Waals surface area contributed by atoms with Gasteiger partial charge in [0.25, 0.3) is 0 Å². The van der Waals surface area contributed by atoms with Gasteiger partial charge in [-0.25, -0.2) is 0 Å². The van der Waals surface area contributed by atoms with Crippen LogP contribution in [0, 0.1) is 0 Å². The van der Waals surface area contributed by atoms with Crippen LogP contribution in [0.5, 0.6) is 5.75 Å². The van der Waals surface area contributed by atoms with Gasteiger partial charge < -0.3 is 10.2 Å². The number of nitrogen functional groups attached to an aromatic ring is 1. The average molecular weight is 220 g/mol. The van der Waals surface area contributed by atoms with Crippen LogP contribution < -0.4 is 16.0 Å². The Bertz CT molecular complexity index is 309. The molecule has 3 N–H and O–H groups in total. The molecule has 0 aliphatic carbocycles. The van der Waals surface area contributed by atoms with E-state index in [4.69, 9.17) is 5.84 Å². The predicted octanol–water partition coefficient (Wildman–Crippen LogP) is 2.30. The standard InChI is InChI=1S/C8H10F2N2OS/c1-14-7-3-2-5(12-11)4-6(7)13-8(9)10/h2-4,8,12H,11H2,1H3. The summed E-state index contributed by atoms with van der Waals surface area (Å²) >= 11 is 1.33. The number of halogens is 2. The Morgan fingerprint density at radius 1 is 1.50 bits per heavy atom. The van der Waals surface area contributed by atoms with Gasteiger partial charge in [-0.05, 0) is 18.4 Å². The first-order chi connectivity index (χ1) is 6.67. The molecule has 0 fully saturated rings. The molecule has 0 radical (unpaired) electrons. The SMILES string of the molecule is CSc1ccc(NN)cc1OC(F)F. The molecule has 0 aliphatic heterocycles. The van der Waals surface area contributed by atoms with Crippen molar-refractivity contribution >= 4 is 17.4 Å². The number of alkyl halides is 2. The summed E-state index contributed by atoms with van der Waals surface area (Å²) in [6.07, 6.45) is 1.78. The van der Waals surface area contributed by atoms with E-state index in [1.807, 2.05) is 0 Å². The van der Waals surface area contributed by atoms with E-state index in [2.05, 4.69) is 10.2 Å². The Morgan fingerprint density at radius 3 is 2.71 bits per heavy atom. The molecule has 0 atom stereocenters. The second-order valence-electron chi connectivity index (χ2n) is 2.39. The number of hydrogen-bond donors (Lipinski definition) is 2. The number of rotatable bonds is 4. The number of ether oxygens (including phenoxy) is 1. The molecule has 1 aromatic carbocycles. The number of hydrazine groups is 1. The molecule has 6 heteroatoms. The van der Waals surface area contributed by atoms with Gasteiger partial charge in [0.15, 0.2) is 0 Å². The van der Waals surface area contributed by atoms with E-state index in [0.717, 1.165) is 0 Å². The maximum atomic E-state index is 12.0. The van der Waals surface area contributed by atoms with Gasteiger partial charge in [0.2, 0.25) is 0 Å². The minimum atomic E-state index is -2.83. The third kappa shape index (κ3) is 2.74. The topological polar surface area (TPSA) is 47.3 Å². The van der Waals surface area contributed by atoms with E-state index in [1.54, 1.807) is 18.4 Å². The van der Waals surface area contributed by atoms with Crippen LogP contribution in [0.2, 0.25) is 0 Å². The summed E-state index contributed by atoms with van der Waals surface area (Å²) in [4.78, 5) is 0.643. The summed E-state index contributed by atoms with van der Waals surface area (Å²) in [5.41, 5.74) is 2.88. The highest BCUT2D eigenvalue weighted by Crippen LogP contribution is 2.31. The number of thioether (sulfide) groups is 1. The van der Waals surface area contributed by atoms with Crippen molar-refractivity contribution in [2.24, 2.45) is 5.84 Å². The summed E-state index contributed by atoms with van der Waals surface area (Å²) in [5, 5.41) is 0. The second-order valence-corrected chi connectivity index (χ2v) is 3.24. The molecular weight excluding hydrogens is 210 g/mol. The minimum absolute atomic E-state index is 0.128. The maximum Gasteiger partial charge on any atom is 0.387 e. The third-order valence-electron chi connectivity index (χ3n) is 1.55. The van der Waals surface area contributed by atoms with Crippen molar-refractivity contribution in [1.29, 1.82) is 0 Å². The summed E-state index contributed by atoms with van der Waals surface area (Å²) in [7, 11) is 0. The Kier molecular flexibility index (Phi) is 3.97. The first kappa shape index (κ1) is 11.1. The molecule has 0 aromatic heterocycles. The number of benzene rings is 1. The Hall–Kier alpha value is -1.01. The Morgan fingerprint density at radius 2 is 2.21 bits per heavy atom. The number of nitrogens with one attached hydrogen (secondary N) is 1. The zero-order valence-corrected chi connectivity index (χ0v) is 8.28. The van der Waals surface area contributed by atoms with Crippen LogP contribution in [-0.2, 0) is 0 Å². The van der Waals surface area contributed by atoms with E-state index < -0.39 is 6.61 Å². The lowest BCUT2D eigenvalue weighted by atomic mass is 10.3. The van der Waals surface area contributed by atoms with Crippen LogP contribution in [0.15, 0.2) is 23.1 Å². The minimum Gasteiger partial charge on any atom is -0.434 e. The molecular formula is C8H10F2N2OS. The smallest absolute Gasteiger partial charge is 0.387 e. The molecule has 0 heterocycles. The lowest BCUT2D eigenvalue weighted by molar-refractivity contribution is -0.0516. The van der Waals surface area contributed by atoms with E-state index in [1.165, 1.54) is 17.8 Å². The third-order valence-corrected chi connectivity index (χ3v) is 2.32. The largest absolute Gasteiger partial charge is 0.434 e. The van der Waals surface area contributed by atoms with Crippen molar-refractivity contribution in [2.75, 3.05) is 11.7 Å².